The minimum atomic E-state index is -0.126. The molecule has 1 amide bonds. The number of piperidine rings is 1. The number of carbonyl (C=O) groups excluding carboxylic acids is 1. The van der Waals surface area contributed by atoms with E-state index in [9.17, 15) is 4.79 Å². The highest BCUT2D eigenvalue weighted by atomic mass is 16.5. The number of anilines is 1. The van der Waals surface area contributed by atoms with Crippen LogP contribution in [0.15, 0.2) is 48.5 Å². The number of amides is 1. The van der Waals surface area contributed by atoms with Gasteiger partial charge in [-0.3, -0.25) is 10.1 Å². The second kappa shape index (κ2) is 10.8. The van der Waals surface area contributed by atoms with Gasteiger partial charge < -0.3 is 20.7 Å². The summed E-state index contributed by atoms with van der Waals surface area (Å²) in [4.78, 5) is 12.8. The van der Waals surface area contributed by atoms with Crippen LogP contribution in [0.2, 0.25) is 0 Å². The summed E-state index contributed by atoms with van der Waals surface area (Å²) >= 11 is 0. The molecule has 6 N–H and O–H groups in total. The Hall–Kier alpha value is -2.65. The highest BCUT2D eigenvalue weighted by Crippen LogP contribution is 2.20. The standard InChI is InChI=1S/C24H34N6O2/c1-16(18-5-4-8-21(14-18)32-2)27-24(31)19-6-3-7-20(13-19)26-15-22-28-23(30-29-22)17-9-11-25-12-10-17/h3-8,13-14,16-17,22-23,25-26,28-30H,9-12,15H2,1-2H3,(H,27,31)/t16-,22?,23?/m0/s1. The van der Waals surface area contributed by atoms with Crippen LogP contribution in [0.5, 0.6) is 5.75 Å². The lowest BCUT2D eigenvalue weighted by Gasteiger charge is -2.27. The maximum absolute atomic E-state index is 12.8. The van der Waals surface area contributed by atoms with Gasteiger partial charge in [0.05, 0.1) is 25.5 Å². The molecule has 0 radical (unpaired) electrons. The summed E-state index contributed by atoms with van der Waals surface area (Å²) < 4.78 is 5.28. The van der Waals surface area contributed by atoms with Crippen molar-refractivity contribution in [2.24, 2.45) is 5.92 Å². The Balaban J connectivity index is 1.28. The number of nitrogens with one attached hydrogen (secondary N) is 6. The molecule has 2 aromatic carbocycles. The lowest BCUT2D eigenvalue weighted by Crippen LogP contribution is -2.45. The molecular formula is C24H34N6O2. The van der Waals surface area contributed by atoms with Crippen LogP contribution >= 0.6 is 0 Å². The predicted molar refractivity (Wildman–Crippen MR) is 126 cm³/mol. The lowest BCUT2D eigenvalue weighted by atomic mass is 9.95. The molecule has 3 atom stereocenters. The lowest BCUT2D eigenvalue weighted by molar-refractivity contribution is 0.0940. The van der Waals surface area contributed by atoms with Crippen molar-refractivity contribution in [1.82, 2.24) is 26.8 Å². The van der Waals surface area contributed by atoms with E-state index < -0.39 is 0 Å². The van der Waals surface area contributed by atoms with Crippen molar-refractivity contribution < 1.29 is 9.53 Å². The molecule has 2 heterocycles. The van der Waals surface area contributed by atoms with Crippen molar-refractivity contribution in [3.05, 3.63) is 59.7 Å². The third-order valence-electron chi connectivity index (χ3n) is 6.23. The maximum Gasteiger partial charge on any atom is 0.251 e. The van der Waals surface area contributed by atoms with Gasteiger partial charge in [-0.2, -0.15) is 0 Å². The summed E-state index contributed by atoms with van der Waals surface area (Å²) in [6.45, 7) is 4.84. The number of hydrogen-bond acceptors (Lipinski definition) is 7. The van der Waals surface area contributed by atoms with Gasteiger partial charge in [0.1, 0.15) is 5.75 Å². The highest BCUT2D eigenvalue weighted by Gasteiger charge is 2.30. The first-order chi connectivity index (χ1) is 15.6. The number of carbonyl (C=O) groups is 1. The Bertz CT molecular complexity index is 902. The molecule has 2 fully saturated rings. The van der Waals surface area contributed by atoms with E-state index in [0.29, 0.717) is 24.2 Å². The van der Waals surface area contributed by atoms with Crippen LogP contribution in [0.1, 0.15) is 41.7 Å². The normalized spacial score (nSPS) is 22.3. The van der Waals surface area contributed by atoms with Crippen molar-refractivity contribution in [3.8, 4) is 5.75 Å². The van der Waals surface area contributed by atoms with Crippen LogP contribution < -0.4 is 36.9 Å². The molecule has 8 nitrogen and oxygen atoms in total. The zero-order valence-corrected chi connectivity index (χ0v) is 18.8. The monoisotopic (exact) mass is 438 g/mol. The number of ether oxygens (including phenoxy) is 1. The van der Waals surface area contributed by atoms with E-state index in [1.54, 1.807) is 7.11 Å². The molecule has 172 valence electrons. The second-order valence-corrected chi connectivity index (χ2v) is 8.51. The molecule has 2 aliphatic rings. The van der Waals surface area contributed by atoms with Crippen molar-refractivity contribution in [3.63, 3.8) is 0 Å². The second-order valence-electron chi connectivity index (χ2n) is 8.51. The van der Waals surface area contributed by atoms with Gasteiger partial charge >= 0.3 is 0 Å². The molecular weight excluding hydrogens is 404 g/mol. The summed E-state index contributed by atoms with van der Waals surface area (Å²) in [6, 6.07) is 15.2. The highest BCUT2D eigenvalue weighted by molar-refractivity contribution is 5.95. The third-order valence-corrected chi connectivity index (χ3v) is 6.23. The first-order valence-electron chi connectivity index (χ1n) is 11.4. The molecule has 2 aromatic rings. The average Bonchev–Trinajstić information content (AvgIpc) is 3.32. The van der Waals surface area contributed by atoms with Crippen LogP contribution in [0.25, 0.3) is 0 Å². The first kappa shape index (κ1) is 22.5. The largest absolute Gasteiger partial charge is 0.497 e. The Kier molecular flexibility index (Phi) is 7.59. The molecule has 4 rings (SSSR count). The molecule has 0 bridgehead atoms. The van der Waals surface area contributed by atoms with Crippen LogP contribution in [-0.4, -0.2) is 45.0 Å². The first-order valence-corrected chi connectivity index (χ1v) is 11.4. The maximum atomic E-state index is 12.8. The minimum Gasteiger partial charge on any atom is -0.497 e. The number of hydrazine groups is 1. The van der Waals surface area contributed by atoms with E-state index in [1.807, 2.05) is 55.5 Å². The fraction of sp³-hybridized carbons (Fsp3) is 0.458. The van der Waals surface area contributed by atoms with Crippen molar-refractivity contribution in [2.75, 3.05) is 32.1 Å². The van der Waals surface area contributed by atoms with Crippen molar-refractivity contribution in [2.45, 2.75) is 38.1 Å². The summed E-state index contributed by atoms with van der Waals surface area (Å²) in [5.41, 5.74) is 9.26. The van der Waals surface area contributed by atoms with E-state index in [0.717, 1.165) is 30.1 Å². The third kappa shape index (κ3) is 5.77. The van der Waals surface area contributed by atoms with E-state index in [-0.39, 0.29) is 18.1 Å². The Morgan fingerprint density at radius 3 is 2.75 bits per heavy atom. The summed E-state index contributed by atoms with van der Waals surface area (Å²) in [5.74, 6) is 1.31. The Labute approximate surface area is 189 Å². The van der Waals surface area contributed by atoms with E-state index in [2.05, 4.69) is 32.1 Å². The quantitative estimate of drug-likeness (QED) is 0.375. The summed E-state index contributed by atoms with van der Waals surface area (Å²) in [5, 5.41) is 13.5. The molecule has 0 aromatic heterocycles. The smallest absolute Gasteiger partial charge is 0.251 e. The Morgan fingerprint density at radius 2 is 1.94 bits per heavy atom. The van der Waals surface area contributed by atoms with Gasteiger partial charge in [0, 0.05) is 17.8 Å². The average molecular weight is 439 g/mol. The molecule has 2 saturated heterocycles. The van der Waals surface area contributed by atoms with Gasteiger partial charge in [0.2, 0.25) is 0 Å². The fourth-order valence-electron chi connectivity index (χ4n) is 4.30. The van der Waals surface area contributed by atoms with E-state index in [4.69, 9.17) is 4.74 Å². The van der Waals surface area contributed by atoms with Gasteiger partial charge in [0.25, 0.3) is 5.91 Å². The van der Waals surface area contributed by atoms with Gasteiger partial charge in [-0.1, -0.05) is 18.2 Å². The predicted octanol–water partition coefficient (Wildman–Crippen LogP) is 1.95. The van der Waals surface area contributed by atoms with Crippen molar-refractivity contribution >= 4 is 11.6 Å². The van der Waals surface area contributed by atoms with Crippen LogP contribution in [-0.2, 0) is 0 Å². The number of rotatable bonds is 8. The van der Waals surface area contributed by atoms with Crippen LogP contribution in [0.4, 0.5) is 5.69 Å². The van der Waals surface area contributed by atoms with Gasteiger partial charge in [0.15, 0.2) is 0 Å². The summed E-state index contributed by atoms with van der Waals surface area (Å²) in [6.07, 6.45) is 2.77. The molecule has 8 heteroatoms. The molecule has 0 saturated carbocycles. The van der Waals surface area contributed by atoms with E-state index >= 15 is 0 Å². The molecule has 2 aliphatic heterocycles. The van der Waals surface area contributed by atoms with Gasteiger partial charge in [-0.15, -0.1) is 0 Å². The zero-order chi connectivity index (χ0) is 22.3. The number of methoxy groups -OCH3 is 1. The SMILES string of the molecule is COc1cccc([C@H](C)NC(=O)c2cccc(NCC3NNC(C4CCNCC4)N3)c2)c1. The van der Waals surface area contributed by atoms with Crippen molar-refractivity contribution in [1.29, 1.82) is 0 Å². The minimum absolute atomic E-state index is 0.103. The zero-order valence-electron chi connectivity index (χ0n) is 18.8. The van der Waals surface area contributed by atoms with Gasteiger partial charge in [-0.25, -0.2) is 10.9 Å². The molecule has 2 unspecified atom stereocenters. The van der Waals surface area contributed by atoms with Crippen LogP contribution in [0, 0.1) is 5.92 Å². The molecule has 0 aliphatic carbocycles. The topological polar surface area (TPSA) is 98.5 Å². The number of benzene rings is 2. The van der Waals surface area contributed by atoms with Gasteiger partial charge in [-0.05, 0) is 74.7 Å². The number of hydrogen-bond donors (Lipinski definition) is 6. The summed E-state index contributed by atoms with van der Waals surface area (Å²) in [7, 11) is 1.64. The fourth-order valence-corrected chi connectivity index (χ4v) is 4.30. The molecule has 32 heavy (non-hydrogen) atoms. The molecule has 0 spiro atoms. The van der Waals surface area contributed by atoms with E-state index in [1.165, 1.54) is 12.8 Å². The van der Waals surface area contributed by atoms with Crippen LogP contribution in [0.3, 0.4) is 0 Å². The Morgan fingerprint density at radius 1 is 1.12 bits per heavy atom.